The average molecular weight is 424 g/mol. The Morgan fingerprint density at radius 2 is 1.86 bits per heavy atom. The summed E-state index contributed by atoms with van der Waals surface area (Å²) < 4.78 is 27.4. The molecule has 1 fully saturated rings. The van der Waals surface area contributed by atoms with Gasteiger partial charge in [0.05, 0.1) is 5.02 Å². The lowest BCUT2D eigenvalue weighted by atomic mass is 10.2. The van der Waals surface area contributed by atoms with Gasteiger partial charge in [0.15, 0.2) is 0 Å². The second-order valence-electron chi connectivity index (χ2n) is 6.52. The predicted molar refractivity (Wildman–Crippen MR) is 109 cm³/mol. The maximum atomic E-state index is 12.4. The molecule has 2 heterocycles. The van der Waals surface area contributed by atoms with E-state index in [0.717, 1.165) is 24.3 Å². The van der Waals surface area contributed by atoms with Crippen LogP contribution >= 0.6 is 11.6 Å². The van der Waals surface area contributed by atoms with Crippen LogP contribution in [0, 0.1) is 0 Å². The van der Waals surface area contributed by atoms with Crippen LogP contribution < -0.4 is 15.4 Å². The number of anilines is 2. The molecule has 1 aromatic carbocycles. The number of halogens is 1. The second-order valence-corrected chi connectivity index (χ2v) is 8.69. The molecule has 1 aromatic heterocycles. The molecule has 28 heavy (non-hydrogen) atoms. The van der Waals surface area contributed by atoms with E-state index in [9.17, 15) is 13.2 Å². The molecule has 0 spiro atoms. The lowest BCUT2D eigenvalue weighted by Crippen LogP contribution is -2.48. The van der Waals surface area contributed by atoms with Crippen LogP contribution in [0.15, 0.2) is 41.4 Å². The number of benzene rings is 1. The zero-order valence-corrected chi connectivity index (χ0v) is 17.0. The average Bonchev–Trinajstić information content (AvgIpc) is 2.69. The van der Waals surface area contributed by atoms with Crippen LogP contribution in [0.25, 0.3) is 0 Å². The molecule has 0 aliphatic carbocycles. The summed E-state index contributed by atoms with van der Waals surface area (Å²) >= 11 is 5.82. The lowest BCUT2D eigenvalue weighted by Gasteiger charge is -2.35. The van der Waals surface area contributed by atoms with Gasteiger partial charge >= 0.3 is 0 Å². The number of nitrogens with zero attached hydrogens (tertiary/aromatic N) is 3. The molecule has 1 aliphatic rings. The molecule has 150 valence electrons. The lowest BCUT2D eigenvalue weighted by molar-refractivity contribution is -0.129. The van der Waals surface area contributed by atoms with E-state index in [4.69, 9.17) is 17.3 Å². The minimum absolute atomic E-state index is 0.0952. The Hall–Kier alpha value is -2.36. The topological polar surface area (TPSA) is 109 Å². The van der Waals surface area contributed by atoms with Crippen molar-refractivity contribution in [1.29, 1.82) is 0 Å². The van der Waals surface area contributed by atoms with Gasteiger partial charge in [0.1, 0.15) is 10.7 Å². The molecule has 1 amide bonds. The van der Waals surface area contributed by atoms with Gasteiger partial charge < -0.3 is 15.5 Å². The molecule has 3 N–H and O–H groups in total. The number of nitrogens with one attached hydrogen (secondary N) is 1. The Balaban J connectivity index is 1.62. The molecule has 1 aliphatic heterocycles. The number of nitrogen functional groups attached to an aromatic ring is 1. The van der Waals surface area contributed by atoms with Crippen LogP contribution in [0.3, 0.4) is 0 Å². The Kier molecular flexibility index (Phi) is 6.07. The third kappa shape index (κ3) is 4.73. The second kappa shape index (κ2) is 8.34. The minimum atomic E-state index is -3.83. The summed E-state index contributed by atoms with van der Waals surface area (Å²) in [5.74, 6) is -0.00484. The van der Waals surface area contributed by atoms with Crippen molar-refractivity contribution < 1.29 is 13.2 Å². The number of aromatic nitrogens is 1. The summed E-state index contributed by atoms with van der Waals surface area (Å²) in [6.07, 6.45) is 1.30. The fraction of sp³-hybridized carbons (Fsp3) is 0.333. The van der Waals surface area contributed by atoms with Gasteiger partial charge in [0.2, 0.25) is 15.9 Å². The number of pyridine rings is 1. The van der Waals surface area contributed by atoms with Gasteiger partial charge in [0, 0.05) is 51.5 Å². The van der Waals surface area contributed by atoms with Crippen molar-refractivity contribution in [3.05, 3.63) is 47.1 Å². The first kappa shape index (κ1) is 20.4. The van der Waals surface area contributed by atoms with Gasteiger partial charge in [-0.15, -0.1) is 0 Å². The van der Waals surface area contributed by atoms with Crippen LogP contribution in [0.5, 0.6) is 0 Å². The maximum absolute atomic E-state index is 12.4. The number of carbonyl (C=O) groups excluding carboxylic acids is 1. The molecular formula is C18H22ClN5O3S. The molecule has 0 bridgehead atoms. The van der Waals surface area contributed by atoms with Crippen LogP contribution in [0.4, 0.5) is 11.5 Å². The van der Waals surface area contributed by atoms with Gasteiger partial charge in [-0.1, -0.05) is 23.7 Å². The minimum Gasteiger partial charge on any atom is -0.383 e. The van der Waals surface area contributed by atoms with E-state index < -0.39 is 10.0 Å². The highest BCUT2D eigenvalue weighted by atomic mass is 35.5. The highest BCUT2D eigenvalue weighted by molar-refractivity contribution is 7.89. The molecule has 10 heteroatoms. The molecular weight excluding hydrogens is 402 g/mol. The third-order valence-corrected chi connectivity index (χ3v) is 6.27. The van der Waals surface area contributed by atoms with E-state index in [-0.39, 0.29) is 28.2 Å². The van der Waals surface area contributed by atoms with Crippen LogP contribution in [0.1, 0.15) is 12.5 Å². The quantitative estimate of drug-likeness (QED) is 0.753. The van der Waals surface area contributed by atoms with Gasteiger partial charge in [-0.3, -0.25) is 4.79 Å². The third-order valence-electron chi connectivity index (χ3n) is 4.63. The zero-order valence-electron chi connectivity index (χ0n) is 15.4. The number of amides is 1. The van der Waals surface area contributed by atoms with Crippen molar-refractivity contribution in [3.63, 3.8) is 0 Å². The normalized spacial score (nSPS) is 14.9. The van der Waals surface area contributed by atoms with Gasteiger partial charge in [0.25, 0.3) is 0 Å². The molecule has 0 atom stereocenters. The fourth-order valence-corrected chi connectivity index (χ4v) is 4.35. The summed E-state index contributed by atoms with van der Waals surface area (Å²) in [6, 6.07) is 8.91. The van der Waals surface area contributed by atoms with Crippen molar-refractivity contribution in [2.75, 3.05) is 36.8 Å². The van der Waals surface area contributed by atoms with E-state index in [1.807, 2.05) is 29.2 Å². The SMILES string of the molecule is CC(=O)N1CCN(c2ccc(CNS(=O)(=O)c3cc(Cl)cnc3N)cc2)CC1. The summed E-state index contributed by atoms with van der Waals surface area (Å²) in [5.41, 5.74) is 7.50. The summed E-state index contributed by atoms with van der Waals surface area (Å²) in [5, 5.41) is 0.198. The monoisotopic (exact) mass is 423 g/mol. The van der Waals surface area contributed by atoms with Crippen LogP contribution in [-0.4, -0.2) is 50.4 Å². The zero-order chi connectivity index (χ0) is 20.3. The molecule has 0 radical (unpaired) electrons. The van der Waals surface area contributed by atoms with Gasteiger partial charge in [-0.2, -0.15) is 0 Å². The molecule has 0 saturated carbocycles. The van der Waals surface area contributed by atoms with Crippen LogP contribution in [0.2, 0.25) is 5.02 Å². The molecule has 3 rings (SSSR count). The summed E-state index contributed by atoms with van der Waals surface area (Å²) in [7, 11) is -3.83. The summed E-state index contributed by atoms with van der Waals surface area (Å²) in [6.45, 7) is 4.64. The number of hydrogen-bond acceptors (Lipinski definition) is 6. The molecule has 1 saturated heterocycles. The fourth-order valence-electron chi connectivity index (χ4n) is 3.01. The number of hydrogen-bond donors (Lipinski definition) is 2. The highest BCUT2D eigenvalue weighted by Gasteiger charge is 2.20. The number of rotatable bonds is 5. The number of carbonyl (C=O) groups is 1. The van der Waals surface area contributed by atoms with Gasteiger partial charge in [-0.25, -0.2) is 18.1 Å². The largest absolute Gasteiger partial charge is 0.383 e. The number of piperazine rings is 1. The first-order valence-corrected chi connectivity index (χ1v) is 10.6. The standard InChI is InChI=1S/C18H22ClN5O3S/c1-13(25)23-6-8-24(9-7-23)16-4-2-14(3-5-16)11-22-28(26,27)17-10-15(19)12-21-18(17)20/h2-5,10,12,22H,6-9,11H2,1H3,(H2,20,21). The van der Waals surface area contributed by atoms with Crippen molar-refractivity contribution >= 4 is 39.0 Å². The Morgan fingerprint density at radius 1 is 1.21 bits per heavy atom. The number of nitrogens with two attached hydrogens (primary N) is 1. The molecule has 2 aromatic rings. The van der Waals surface area contributed by atoms with Crippen LogP contribution in [-0.2, 0) is 21.4 Å². The predicted octanol–water partition coefficient (Wildman–Crippen LogP) is 1.46. The van der Waals surface area contributed by atoms with E-state index in [2.05, 4.69) is 14.6 Å². The first-order valence-electron chi connectivity index (χ1n) is 8.76. The maximum Gasteiger partial charge on any atom is 0.244 e. The van der Waals surface area contributed by atoms with Crippen molar-refractivity contribution in [2.24, 2.45) is 0 Å². The first-order chi connectivity index (χ1) is 13.3. The number of sulfonamides is 1. The van der Waals surface area contributed by atoms with Gasteiger partial charge in [-0.05, 0) is 23.8 Å². The highest BCUT2D eigenvalue weighted by Crippen LogP contribution is 2.21. The Morgan fingerprint density at radius 3 is 2.46 bits per heavy atom. The smallest absolute Gasteiger partial charge is 0.244 e. The summed E-state index contributed by atoms with van der Waals surface area (Å²) in [4.78, 5) is 19.1. The van der Waals surface area contributed by atoms with E-state index in [1.54, 1.807) is 6.92 Å². The van der Waals surface area contributed by atoms with Crippen molar-refractivity contribution in [1.82, 2.24) is 14.6 Å². The van der Waals surface area contributed by atoms with Crippen molar-refractivity contribution in [3.8, 4) is 0 Å². The Labute approximate surface area is 169 Å². The molecule has 8 nitrogen and oxygen atoms in total. The van der Waals surface area contributed by atoms with E-state index in [0.29, 0.717) is 13.1 Å². The molecule has 0 unspecified atom stereocenters. The van der Waals surface area contributed by atoms with Crippen molar-refractivity contribution in [2.45, 2.75) is 18.4 Å². The van der Waals surface area contributed by atoms with E-state index >= 15 is 0 Å². The van der Waals surface area contributed by atoms with E-state index in [1.165, 1.54) is 12.3 Å². The Bertz CT molecular complexity index is 958.